The van der Waals surface area contributed by atoms with Gasteiger partial charge < -0.3 is 14.5 Å². The summed E-state index contributed by atoms with van der Waals surface area (Å²) in [6, 6.07) is 9.73. The third-order valence-corrected chi connectivity index (χ3v) is 8.85. The molecule has 0 unspecified atom stereocenters. The Morgan fingerprint density at radius 1 is 0.974 bits per heavy atom. The topological polar surface area (TPSA) is 62.6 Å². The smallest absolute Gasteiger partial charge is 0.251 e. The van der Waals surface area contributed by atoms with Gasteiger partial charge in [-0.25, -0.2) is 13.8 Å². The first kappa shape index (κ1) is 24.1. The standard InChI is InChI=1S/C27H30ClF2N7O/c1-17-4-7-21(38-3)23(31-17)34-13-26(14-34)15-35(16-26)24-33-32-22-10-36(25(2)11-27(29,30)12-25)9-18-8-19(28)5-6-20(18)37(22)24/h4-8H,9-16H2,1-3H3. The molecule has 3 fully saturated rings. The number of fused-ring (bicyclic) bond motifs is 3. The number of halogens is 3. The molecule has 2 aromatic heterocycles. The quantitative estimate of drug-likeness (QED) is 0.483. The van der Waals surface area contributed by atoms with Crippen LogP contribution in [0.25, 0.3) is 5.69 Å². The second kappa shape index (κ2) is 8.02. The van der Waals surface area contributed by atoms with Gasteiger partial charge in [0.15, 0.2) is 17.4 Å². The van der Waals surface area contributed by atoms with E-state index in [1.807, 2.05) is 44.2 Å². The molecule has 8 nitrogen and oxygen atoms in total. The van der Waals surface area contributed by atoms with Gasteiger partial charge in [0.2, 0.25) is 5.95 Å². The van der Waals surface area contributed by atoms with Crippen LogP contribution in [-0.4, -0.2) is 69.4 Å². The van der Waals surface area contributed by atoms with Crippen molar-refractivity contribution in [3.05, 3.63) is 52.4 Å². The predicted molar refractivity (Wildman–Crippen MR) is 141 cm³/mol. The van der Waals surface area contributed by atoms with Gasteiger partial charge in [0.1, 0.15) is 0 Å². The van der Waals surface area contributed by atoms with E-state index >= 15 is 0 Å². The van der Waals surface area contributed by atoms with Crippen LogP contribution in [0.5, 0.6) is 5.75 Å². The highest BCUT2D eigenvalue weighted by molar-refractivity contribution is 6.30. The van der Waals surface area contributed by atoms with Crippen molar-refractivity contribution in [3.63, 3.8) is 0 Å². The maximum absolute atomic E-state index is 13.9. The van der Waals surface area contributed by atoms with Gasteiger partial charge in [0, 0.05) is 67.2 Å². The minimum Gasteiger partial charge on any atom is -0.493 e. The van der Waals surface area contributed by atoms with E-state index in [1.165, 1.54) is 0 Å². The summed E-state index contributed by atoms with van der Waals surface area (Å²) >= 11 is 6.38. The van der Waals surface area contributed by atoms with Crippen molar-refractivity contribution in [2.24, 2.45) is 5.41 Å². The molecular formula is C27H30ClF2N7O. The number of pyridine rings is 1. The van der Waals surface area contributed by atoms with E-state index in [2.05, 4.69) is 29.5 Å². The molecule has 2 saturated heterocycles. The molecule has 1 aromatic carbocycles. The van der Waals surface area contributed by atoms with Gasteiger partial charge in [-0.1, -0.05) is 11.6 Å². The molecule has 200 valence electrons. The number of hydrogen-bond donors (Lipinski definition) is 0. The molecule has 3 aliphatic heterocycles. The zero-order chi connectivity index (χ0) is 26.4. The summed E-state index contributed by atoms with van der Waals surface area (Å²) in [5.74, 6) is 0.640. The van der Waals surface area contributed by atoms with Gasteiger partial charge in [-0.2, -0.15) is 0 Å². The van der Waals surface area contributed by atoms with Crippen LogP contribution in [0, 0.1) is 12.3 Å². The summed E-state index contributed by atoms with van der Waals surface area (Å²) in [5.41, 5.74) is 2.51. The van der Waals surface area contributed by atoms with E-state index in [1.54, 1.807) is 7.11 Å². The number of aromatic nitrogens is 4. The van der Waals surface area contributed by atoms with Crippen LogP contribution in [0.3, 0.4) is 0 Å². The number of alkyl halides is 2. The molecule has 0 amide bonds. The third-order valence-electron chi connectivity index (χ3n) is 8.62. The van der Waals surface area contributed by atoms with Crippen molar-refractivity contribution in [2.45, 2.75) is 51.2 Å². The molecule has 1 spiro atoms. The first-order chi connectivity index (χ1) is 18.1. The largest absolute Gasteiger partial charge is 0.493 e. The molecule has 4 aliphatic rings. The van der Waals surface area contributed by atoms with Crippen LogP contribution < -0.4 is 14.5 Å². The SMILES string of the molecule is COc1ccc(C)nc1N1CC2(C1)CN(c1nnc3n1-c1ccc(Cl)cc1CN(C1(C)CC(F)(F)C1)C3)C2. The summed E-state index contributed by atoms with van der Waals surface area (Å²) < 4.78 is 35.5. The number of benzene rings is 1. The number of anilines is 2. The molecule has 38 heavy (non-hydrogen) atoms. The Bertz CT molecular complexity index is 1420. The van der Waals surface area contributed by atoms with Gasteiger partial charge in [-0.15, -0.1) is 10.2 Å². The minimum atomic E-state index is -2.61. The molecule has 0 N–H and O–H groups in total. The lowest BCUT2D eigenvalue weighted by molar-refractivity contribution is -0.173. The van der Waals surface area contributed by atoms with Crippen LogP contribution in [0.2, 0.25) is 5.02 Å². The molecular weight excluding hydrogens is 512 g/mol. The van der Waals surface area contributed by atoms with Crippen molar-refractivity contribution in [1.29, 1.82) is 0 Å². The van der Waals surface area contributed by atoms with Gasteiger partial charge >= 0.3 is 0 Å². The van der Waals surface area contributed by atoms with Gasteiger partial charge in [-0.3, -0.25) is 9.47 Å². The van der Waals surface area contributed by atoms with Crippen LogP contribution in [0.15, 0.2) is 30.3 Å². The zero-order valence-electron chi connectivity index (χ0n) is 21.7. The number of hydrogen-bond acceptors (Lipinski definition) is 7. The Labute approximate surface area is 225 Å². The van der Waals surface area contributed by atoms with Gasteiger partial charge in [0.25, 0.3) is 5.92 Å². The van der Waals surface area contributed by atoms with Crippen LogP contribution in [0.1, 0.15) is 36.8 Å². The monoisotopic (exact) mass is 541 g/mol. The van der Waals surface area contributed by atoms with E-state index in [0.29, 0.717) is 18.1 Å². The normalized spacial score (nSPS) is 22.6. The molecule has 5 heterocycles. The van der Waals surface area contributed by atoms with Crippen molar-refractivity contribution in [1.82, 2.24) is 24.6 Å². The fraction of sp³-hybridized carbons (Fsp3) is 0.519. The van der Waals surface area contributed by atoms with Crippen LogP contribution >= 0.6 is 11.6 Å². The number of nitrogens with zero attached hydrogens (tertiary/aromatic N) is 7. The van der Waals surface area contributed by atoms with E-state index in [4.69, 9.17) is 21.3 Å². The molecule has 3 aromatic rings. The Morgan fingerprint density at radius 2 is 1.71 bits per heavy atom. The zero-order valence-corrected chi connectivity index (χ0v) is 22.5. The molecule has 1 saturated carbocycles. The lowest BCUT2D eigenvalue weighted by Gasteiger charge is -2.60. The molecule has 1 aliphatic carbocycles. The number of ether oxygens (including phenoxy) is 1. The Hall–Kier alpha value is -2.98. The summed E-state index contributed by atoms with van der Waals surface area (Å²) in [6.45, 7) is 8.45. The lowest BCUT2D eigenvalue weighted by atomic mass is 9.73. The van der Waals surface area contributed by atoms with Gasteiger partial charge in [-0.05, 0) is 49.7 Å². The molecule has 11 heteroatoms. The summed E-state index contributed by atoms with van der Waals surface area (Å²) in [4.78, 5) is 11.4. The van der Waals surface area contributed by atoms with Crippen molar-refractivity contribution < 1.29 is 13.5 Å². The van der Waals surface area contributed by atoms with E-state index < -0.39 is 11.5 Å². The lowest BCUT2D eigenvalue weighted by Crippen LogP contribution is -2.73. The Balaban J connectivity index is 1.14. The van der Waals surface area contributed by atoms with Gasteiger partial charge in [0.05, 0.1) is 19.3 Å². The van der Waals surface area contributed by atoms with Crippen LogP contribution in [0.4, 0.5) is 20.5 Å². The molecule has 0 bridgehead atoms. The Morgan fingerprint density at radius 3 is 2.42 bits per heavy atom. The first-order valence-electron chi connectivity index (χ1n) is 12.9. The number of rotatable bonds is 4. The highest BCUT2D eigenvalue weighted by Gasteiger charge is 2.57. The first-order valence-corrected chi connectivity index (χ1v) is 13.3. The van der Waals surface area contributed by atoms with Crippen LogP contribution in [-0.2, 0) is 13.1 Å². The molecule has 0 radical (unpaired) electrons. The van der Waals surface area contributed by atoms with E-state index in [0.717, 1.165) is 66.5 Å². The third kappa shape index (κ3) is 3.67. The second-order valence-corrected chi connectivity index (χ2v) is 12.2. The summed E-state index contributed by atoms with van der Waals surface area (Å²) in [6.07, 6.45) is -0.300. The van der Waals surface area contributed by atoms with E-state index in [-0.39, 0.29) is 18.3 Å². The molecule has 0 atom stereocenters. The average Bonchev–Trinajstić information content (AvgIpc) is 3.11. The second-order valence-electron chi connectivity index (χ2n) is 11.8. The predicted octanol–water partition coefficient (Wildman–Crippen LogP) is 4.46. The summed E-state index contributed by atoms with van der Waals surface area (Å²) in [5, 5.41) is 9.78. The van der Waals surface area contributed by atoms with Crippen molar-refractivity contribution >= 4 is 23.4 Å². The highest BCUT2D eigenvalue weighted by Crippen LogP contribution is 2.51. The van der Waals surface area contributed by atoms with Crippen molar-refractivity contribution in [3.8, 4) is 11.4 Å². The highest BCUT2D eigenvalue weighted by atomic mass is 35.5. The fourth-order valence-electron chi connectivity index (χ4n) is 6.79. The maximum atomic E-state index is 13.9. The maximum Gasteiger partial charge on any atom is 0.251 e. The fourth-order valence-corrected chi connectivity index (χ4v) is 6.99. The Kier molecular flexibility index (Phi) is 5.08. The minimum absolute atomic E-state index is 0.150. The summed E-state index contributed by atoms with van der Waals surface area (Å²) in [7, 11) is 1.68. The average molecular weight is 542 g/mol. The number of aryl methyl sites for hydroxylation is 1. The molecule has 7 rings (SSSR count). The van der Waals surface area contributed by atoms with E-state index in [9.17, 15) is 8.78 Å². The van der Waals surface area contributed by atoms with Crippen molar-refractivity contribution in [2.75, 3.05) is 43.1 Å². The number of methoxy groups -OCH3 is 1.